The van der Waals surface area contributed by atoms with E-state index in [9.17, 15) is 9.67 Å². The average Bonchev–Trinajstić information content (AvgIpc) is 2.49. The maximum Gasteiger partial charge on any atom is 0.260 e. The van der Waals surface area contributed by atoms with Gasteiger partial charge in [0.15, 0.2) is 0 Å². The second kappa shape index (κ2) is 6.85. The van der Waals surface area contributed by atoms with E-state index >= 15 is 0 Å². The van der Waals surface area contributed by atoms with Crippen LogP contribution in [0.15, 0.2) is 60.7 Å². The Morgan fingerprint density at radius 2 is 1.60 bits per heavy atom. The Balaban J connectivity index is 2.26. The summed E-state index contributed by atoms with van der Waals surface area (Å²) in [5.41, 5.74) is 0.941. The molecule has 2 rings (SSSR count). The van der Waals surface area contributed by atoms with Gasteiger partial charge in [0.25, 0.3) is 7.37 Å². The van der Waals surface area contributed by atoms with Crippen LogP contribution in [0.2, 0.25) is 0 Å². The zero-order valence-corrected chi connectivity index (χ0v) is 12.4. The number of aliphatic hydroxyl groups is 1. The molecule has 20 heavy (non-hydrogen) atoms. The van der Waals surface area contributed by atoms with Crippen molar-refractivity contribution < 1.29 is 14.2 Å². The van der Waals surface area contributed by atoms with Crippen LogP contribution >= 0.6 is 7.37 Å². The molecule has 2 unspecified atom stereocenters. The number of rotatable bonds is 6. The minimum Gasteiger partial charge on any atom is -0.382 e. The van der Waals surface area contributed by atoms with Gasteiger partial charge in [-0.1, -0.05) is 48.5 Å². The molecule has 0 spiro atoms. The SMILES string of the molecule is CCOP(=O)(c1ccccc1)C(O)Cc1ccccc1. The molecule has 0 aromatic heterocycles. The number of benzene rings is 2. The first-order valence-corrected chi connectivity index (χ1v) is 8.38. The van der Waals surface area contributed by atoms with Crippen molar-refractivity contribution in [3.8, 4) is 0 Å². The Morgan fingerprint density at radius 3 is 2.15 bits per heavy atom. The van der Waals surface area contributed by atoms with Crippen molar-refractivity contribution in [3.63, 3.8) is 0 Å². The highest BCUT2D eigenvalue weighted by Gasteiger charge is 2.34. The first kappa shape index (κ1) is 15.0. The van der Waals surface area contributed by atoms with Gasteiger partial charge in [0, 0.05) is 11.7 Å². The minimum absolute atomic E-state index is 0.304. The van der Waals surface area contributed by atoms with Gasteiger partial charge in [-0.25, -0.2) is 0 Å². The molecular formula is C16H19O3P. The van der Waals surface area contributed by atoms with Gasteiger partial charge >= 0.3 is 0 Å². The van der Waals surface area contributed by atoms with Crippen molar-refractivity contribution in [2.75, 3.05) is 6.61 Å². The van der Waals surface area contributed by atoms with Gasteiger partial charge in [-0.3, -0.25) is 4.57 Å². The van der Waals surface area contributed by atoms with Gasteiger partial charge in [-0.05, 0) is 24.6 Å². The third-order valence-electron chi connectivity index (χ3n) is 3.09. The van der Waals surface area contributed by atoms with E-state index in [1.807, 2.05) is 36.4 Å². The number of hydrogen-bond acceptors (Lipinski definition) is 3. The quantitative estimate of drug-likeness (QED) is 0.831. The van der Waals surface area contributed by atoms with E-state index in [2.05, 4.69) is 0 Å². The Kier molecular flexibility index (Phi) is 5.13. The molecule has 0 saturated carbocycles. The number of aliphatic hydroxyl groups excluding tert-OH is 1. The maximum atomic E-state index is 13.0. The van der Waals surface area contributed by atoms with Gasteiger partial charge in [0.1, 0.15) is 5.85 Å². The van der Waals surface area contributed by atoms with Crippen molar-refractivity contribution >= 4 is 12.7 Å². The van der Waals surface area contributed by atoms with Crippen molar-refractivity contribution in [2.45, 2.75) is 19.2 Å². The normalized spacial score (nSPS) is 15.5. The second-order valence-electron chi connectivity index (χ2n) is 4.52. The second-order valence-corrected chi connectivity index (χ2v) is 7.09. The molecular weight excluding hydrogens is 271 g/mol. The summed E-state index contributed by atoms with van der Waals surface area (Å²) in [6.07, 6.45) is 0.313. The van der Waals surface area contributed by atoms with Crippen LogP contribution in [0.1, 0.15) is 12.5 Å². The van der Waals surface area contributed by atoms with E-state index in [4.69, 9.17) is 4.52 Å². The summed E-state index contributed by atoms with van der Waals surface area (Å²) in [6.45, 7) is 2.09. The molecule has 3 nitrogen and oxygen atoms in total. The Labute approximate surface area is 119 Å². The summed E-state index contributed by atoms with van der Waals surface area (Å²) in [5, 5.41) is 11.0. The van der Waals surface area contributed by atoms with Gasteiger partial charge in [0.05, 0.1) is 6.61 Å². The molecule has 0 aliphatic rings. The van der Waals surface area contributed by atoms with E-state index in [1.165, 1.54) is 0 Å². The zero-order chi connectivity index (χ0) is 14.4. The highest BCUT2D eigenvalue weighted by molar-refractivity contribution is 7.67. The van der Waals surface area contributed by atoms with Crippen LogP contribution in [-0.2, 0) is 15.5 Å². The fourth-order valence-corrected chi connectivity index (χ4v) is 4.19. The van der Waals surface area contributed by atoms with Crippen LogP contribution < -0.4 is 5.30 Å². The summed E-state index contributed by atoms with van der Waals surface area (Å²) < 4.78 is 18.5. The van der Waals surface area contributed by atoms with Crippen LogP contribution in [0, 0.1) is 0 Å². The van der Waals surface area contributed by atoms with E-state index in [0.717, 1.165) is 5.56 Å². The van der Waals surface area contributed by atoms with E-state index < -0.39 is 13.2 Å². The summed E-state index contributed by atoms with van der Waals surface area (Å²) in [4.78, 5) is 0. The monoisotopic (exact) mass is 290 g/mol. The zero-order valence-electron chi connectivity index (χ0n) is 11.5. The first-order chi connectivity index (χ1) is 9.66. The van der Waals surface area contributed by atoms with Gasteiger partial charge < -0.3 is 9.63 Å². The fraction of sp³-hybridized carbons (Fsp3) is 0.250. The lowest BCUT2D eigenvalue weighted by atomic mass is 10.2. The molecule has 2 aromatic carbocycles. The van der Waals surface area contributed by atoms with Crippen LogP contribution in [-0.4, -0.2) is 17.6 Å². The van der Waals surface area contributed by atoms with Crippen molar-refractivity contribution in [1.29, 1.82) is 0 Å². The predicted molar refractivity (Wildman–Crippen MR) is 81.5 cm³/mol. The third-order valence-corrected chi connectivity index (χ3v) is 5.72. The maximum absolute atomic E-state index is 13.0. The molecule has 0 amide bonds. The van der Waals surface area contributed by atoms with E-state index in [-0.39, 0.29) is 0 Å². The smallest absolute Gasteiger partial charge is 0.260 e. The minimum atomic E-state index is -3.27. The molecule has 0 bridgehead atoms. The lowest BCUT2D eigenvalue weighted by Crippen LogP contribution is -2.21. The third kappa shape index (κ3) is 3.37. The largest absolute Gasteiger partial charge is 0.382 e. The van der Waals surface area contributed by atoms with Crippen LogP contribution in [0.25, 0.3) is 0 Å². The predicted octanol–water partition coefficient (Wildman–Crippen LogP) is 3.19. The standard InChI is InChI=1S/C16H19O3P/c1-2-19-20(18,15-11-7-4-8-12-15)16(17)13-14-9-5-3-6-10-14/h3-12,16-17H,2,13H2,1H3. The molecule has 2 aromatic rings. The lowest BCUT2D eigenvalue weighted by molar-refractivity contribution is 0.215. The Bertz CT molecular complexity index is 569. The van der Waals surface area contributed by atoms with Crippen LogP contribution in [0.3, 0.4) is 0 Å². The summed E-state index contributed by atoms with van der Waals surface area (Å²) in [6, 6.07) is 18.5. The summed E-state index contributed by atoms with van der Waals surface area (Å²) in [5.74, 6) is -1.03. The Morgan fingerprint density at radius 1 is 1.05 bits per heavy atom. The first-order valence-electron chi connectivity index (χ1n) is 6.68. The highest BCUT2D eigenvalue weighted by Crippen LogP contribution is 2.50. The molecule has 0 heterocycles. The highest BCUT2D eigenvalue weighted by atomic mass is 31.2. The van der Waals surface area contributed by atoms with Crippen LogP contribution in [0.4, 0.5) is 0 Å². The molecule has 0 fully saturated rings. The molecule has 4 heteroatoms. The van der Waals surface area contributed by atoms with Gasteiger partial charge in [0.2, 0.25) is 0 Å². The molecule has 1 N–H and O–H groups in total. The van der Waals surface area contributed by atoms with E-state index in [1.54, 1.807) is 31.2 Å². The number of hydrogen-bond donors (Lipinski definition) is 1. The molecule has 0 aliphatic heterocycles. The van der Waals surface area contributed by atoms with Crippen LogP contribution in [0.5, 0.6) is 0 Å². The fourth-order valence-electron chi connectivity index (χ4n) is 2.11. The summed E-state index contributed by atoms with van der Waals surface area (Å²) >= 11 is 0. The molecule has 0 saturated heterocycles. The van der Waals surface area contributed by atoms with Crippen molar-refractivity contribution in [1.82, 2.24) is 0 Å². The average molecular weight is 290 g/mol. The molecule has 2 atom stereocenters. The topological polar surface area (TPSA) is 46.5 Å². The molecule has 106 valence electrons. The van der Waals surface area contributed by atoms with Gasteiger partial charge in [-0.2, -0.15) is 0 Å². The van der Waals surface area contributed by atoms with E-state index in [0.29, 0.717) is 18.3 Å². The van der Waals surface area contributed by atoms with Crippen molar-refractivity contribution in [3.05, 3.63) is 66.2 Å². The lowest BCUT2D eigenvalue weighted by Gasteiger charge is -2.23. The Hall–Kier alpha value is -1.41. The summed E-state index contributed by atoms with van der Waals surface area (Å²) in [7, 11) is -3.27. The molecule has 0 aliphatic carbocycles. The van der Waals surface area contributed by atoms with Crippen molar-refractivity contribution in [2.24, 2.45) is 0 Å². The van der Waals surface area contributed by atoms with Gasteiger partial charge in [-0.15, -0.1) is 0 Å². The molecule has 0 radical (unpaired) electrons.